The molecule has 0 fully saturated rings. The van der Waals surface area contributed by atoms with Crippen LogP contribution in [0.3, 0.4) is 0 Å². The average molecular weight is 362 g/mol. The molecule has 0 aliphatic carbocycles. The molecule has 0 radical (unpaired) electrons. The summed E-state index contributed by atoms with van der Waals surface area (Å²) in [6, 6.07) is 20.6. The second kappa shape index (κ2) is 8.69. The van der Waals surface area contributed by atoms with Crippen LogP contribution in [0.15, 0.2) is 60.7 Å². The molecule has 27 heavy (non-hydrogen) atoms. The van der Waals surface area contributed by atoms with E-state index in [4.69, 9.17) is 10.5 Å². The summed E-state index contributed by atoms with van der Waals surface area (Å²) < 4.78 is 7.62. The number of nitrogens with zero attached hydrogens (tertiary/aromatic N) is 1. The molecular formula is C23H26N2O2. The molecule has 2 aromatic carbocycles. The topological polar surface area (TPSA) is 57.2 Å². The van der Waals surface area contributed by atoms with Gasteiger partial charge in [-0.2, -0.15) is 0 Å². The van der Waals surface area contributed by atoms with Crippen LogP contribution in [0, 0.1) is 6.92 Å². The molecule has 0 aliphatic rings. The van der Waals surface area contributed by atoms with Crippen LogP contribution >= 0.6 is 0 Å². The maximum Gasteiger partial charge on any atom is 0.250 e. The molecule has 2 N–H and O–H groups in total. The lowest BCUT2D eigenvalue weighted by molar-refractivity contribution is 0.0999. The van der Waals surface area contributed by atoms with E-state index in [1.165, 1.54) is 11.1 Å². The molecule has 0 bridgehead atoms. The summed E-state index contributed by atoms with van der Waals surface area (Å²) in [4.78, 5) is 11.8. The van der Waals surface area contributed by atoms with Crippen LogP contribution < -0.4 is 5.73 Å². The van der Waals surface area contributed by atoms with Crippen molar-refractivity contribution in [1.29, 1.82) is 0 Å². The fourth-order valence-electron chi connectivity index (χ4n) is 3.36. The van der Waals surface area contributed by atoms with Crippen LogP contribution in [0.1, 0.15) is 29.4 Å². The first kappa shape index (κ1) is 18.9. The number of hydrogen-bond acceptors (Lipinski definition) is 2. The zero-order valence-electron chi connectivity index (χ0n) is 15.9. The first-order valence-electron chi connectivity index (χ1n) is 9.35. The molecule has 1 aromatic heterocycles. The first-order valence-corrected chi connectivity index (χ1v) is 9.35. The third-order valence-electron chi connectivity index (χ3n) is 4.79. The van der Waals surface area contributed by atoms with E-state index in [1.807, 2.05) is 38.1 Å². The Bertz CT molecular complexity index is 896. The summed E-state index contributed by atoms with van der Waals surface area (Å²) in [6.45, 7) is 6.14. The van der Waals surface area contributed by atoms with Crippen LogP contribution in [-0.2, 0) is 11.3 Å². The fraction of sp³-hybridized carbons (Fsp3) is 0.261. The van der Waals surface area contributed by atoms with E-state index in [-0.39, 0.29) is 0 Å². The normalized spacial score (nSPS) is 10.9. The minimum Gasteiger partial charge on any atom is -0.382 e. The molecule has 0 atom stereocenters. The van der Waals surface area contributed by atoms with Gasteiger partial charge >= 0.3 is 0 Å². The van der Waals surface area contributed by atoms with Crippen molar-refractivity contribution in [3.8, 4) is 22.4 Å². The lowest BCUT2D eigenvalue weighted by Crippen LogP contribution is -2.13. The van der Waals surface area contributed by atoms with Gasteiger partial charge in [-0.25, -0.2) is 0 Å². The Morgan fingerprint density at radius 1 is 1.00 bits per heavy atom. The Hall–Kier alpha value is -2.85. The number of carbonyl (C=O) groups excluding carboxylic acids is 1. The summed E-state index contributed by atoms with van der Waals surface area (Å²) in [7, 11) is 0. The Kier molecular flexibility index (Phi) is 6.09. The molecule has 1 amide bonds. The molecule has 0 saturated heterocycles. The standard InChI is InChI=1S/C23H26N2O2/c1-3-27-15-7-14-25-17(2)21(23(24)26)16-22(25)20-12-10-19(11-13-20)18-8-5-4-6-9-18/h4-6,8-13,16H,3,7,14-15H2,1-2H3,(H2,24,26). The number of hydrogen-bond donors (Lipinski definition) is 1. The van der Waals surface area contributed by atoms with Gasteiger partial charge in [0.15, 0.2) is 0 Å². The minimum absolute atomic E-state index is 0.391. The monoisotopic (exact) mass is 362 g/mol. The number of amides is 1. The van der Waals surface area contributed by atoms with Gasteiger partial charge < -0.3 is 15.0 Å². The van der Waals surface area contributed by atoms with E-state index in [1.54, 1.807) is 0 Å². The van der Waals surface area contributed by atoms with Crippen molar-refractivity contribution in [3.63, 3.8) is 0 Å². The van der Waals surface area contributed by atoms with Crippen molar-refractivity contribution in [3.05, 3.63) is 71.9 Å². The number of nitrogens with two attached hydrogens (primary N) is 1. The van der Waals surface area contributed by atoms with Gasteiger partial charge in [-0.15, -0.1) is 0 Å². The summed E-state index contributed by atoms with van der Waals surface area (Å²) in [5, 5.41) is 0. The van der Waals surface area contributed by atoms with Crippen molar-refractivity contribution in [1.82, 2.24) is 4.57 Å². The van der Waals surface area contributed by atoms with E-state index in [0.29, 0.717) is 18.8 Å². The summed E-state index contributed by atoms with van der Waals surface area (Å²) in [5.74, 6) is -0.391. The molecule has 0 unspecified atom stereocenters. The van der Waals surface area contributed by atoms with Crippen molar-refractivity contribution < 1.29 is 9.53 Å². The zero-order valence-corrected chi connectivity index (χ0v) is 15.9. The summed E-state index contributed by atoms with van der Waals surface area (Å²) in [5.41, 5.74) is 11.5. The second-order valence-electron chi connectivity index (χ2n) is 6.54. The molecule has 1 heterocycles. The van der Waals surface area contributed by atoms with Crippen LogP contribution in [-0.4, -0.2) is 23.7 Å². The van der Waals surface area contributed by atoms with Gasteiger partial charge in [-0.3, -0.25) is 4.79 Å². The second-order valence-corrected chi connectivity index (χ2v) is 6.54. The van der Waals surface area contributed by atoms with Crippen LogP contribution in [0.2, 0.25) is 0 Å². The van der Waals surface area contributed by atoms with E-state index in [9.17, 15) is 4.79 Å². The van der Waals surface area contributed by atoms with E-state index in [2.05, 4.69) is 41.0 Å². The smallest absolute Gasteiger partial charge is 0.250 e. The molecular weight excluding hydrogens is 336 g/mol. The fourth-order valence-corrected chi connectivity index (χ4v) is 3.36. The lowest BCUT2D eigenvalue weighted by atomic mass is 10.0. The Balaban J connectivity index is 1.92. The quantitative estimate of drug-likeness (QED) is 0.593. The Morgan fingerprint density at radius 2 is 1.63 bits per heavy atom. The lowest BCUT2D eigenvalue weighted by Gasteiger charge is -2.13. The SMILES string of the molecule is CCOCCCn1c(-c2ccc(-c3ccccc3)cc2)cc(C(N)=O)c1C. The van der Waals surface area contributed by atoms with Crippen LogP contribution in [0.5, 0.6) is 0 Å². The number of benzene rings is 2. The maximum atomic E-state index is 11.8. The maximum absolute atomic E-state index is 11.8. The summed E-state index contributed by atoms with van der Waals surface area (Å²) in [6.07, 6.45) is 0.886. The number of carbonyl (C=O) groups is 1. The van der Waals surface area contributed by atoms with Gasteiger partial charge in [-0.1, -0.05) is 54.6 Å². The largest absolute Gasteiger partial charge is 0.382 e. The predicted octanol–water partition coefficient (Wildman–Crippen LogP) is 4.66. The highest BCUT2D eigenvalue weighted by molar-refractivity contribution is 5.95. The van der Waals surface area contributed by atoms with Crippen molar-refractivity contribution in [2.24, 2.45) is 5.73 Å². The third-order valence-corrected chi connectivity index (χ3v) is 4.79. The molecule has 4 heteroatoms. The van der Waals surface area contributed by atoms with Gasteiger partial charge in [-0.05, 0) is 43.0 Å². The molecule has 0 aliphatic heterocycles. The molecule has 0 spiro atoms. The van der Waals surface area contributed by atoms with Gasteiger partial charge in [0.05, 0.1) is 5.56 Å². The first-order chi connectivity index (χ1) is 13.1. The molecule has 4 nitrogen and oxygen atoms in total. The highest BCUT2D eigenvalue weighted by Gasteiger charge is 2.16. The van der Waals surface area contributed by atoms with Crippen molar-refractivity contribution >= 4 is 5.91 Å². The molecule has 3 rings (SSSR count). The summed E-state index contributed by atoms with van der Waals surface area (Å²) >= 11 is 0. The average Bonchev–Trinajstić information content (AvgIpc) is 3.03. The van der Waals surface area contributed by atoms with E-state index in [0.717, 1.165) is 29.9 Å². The van der Waals surface area contributed by atoms with Gasteiger partial charge in [0.2, 0.25) is 0 Å². The number of ether oxygens (including phenoxy) is 1. The van der Waals surface area contributed by atoms with E-state index < -0.39 is 5.91 Å². The van der Waals surface area contributed by atoms with Gasteiger partial charge in [0.1, 0.15) is 0 Å². The third kappa shape index (κ3) is 4.29. The van der Waals surface area contributed by atoms with Crippen molar-refractivity contribution in [2.75, 3.05) is 13.2 Å². The molecule has 3 aromatic rings. The molecule has 0 saturated carbocycles. The Labute approximate surface area is 160 Å². The molecule has 140 valence electrons. The predicted molar refractivity (Wildman–Crippen MR) is 110 cm³/mol. The van der Waals surface area contributed by atoms with E-state index >= 15 is 0 Å². The number of aromatic nitrogens is 1. The minimum atomic E-state index is -0.391. The number of primary amides is 1. The van der Waals surface area contributed by atoms with Gasteiger partial charge in [0.25, 0.3) is 5.91 Å². The van der Waals surface area contributed by atoms with Crippen LogP contribution in [0.4, 0.5) is 0 Å². The van der Waals surface area contributed by atoms with Gasteiger partial charge in [0, 0.05) is 31.1 Å². The Morgan fingerprint density at radius 3 is 2.26 bits per heavy atom. The highest BCUT2D eigenvalue weighted by atomic mass is 16.5. The highest BCUT2D eigenvalue weighted by Crippen LogP contribution is 2.28. The number of rotatable bonds is 8. The zero-order chi connectivity index (χ0) is 19.2. The van der Waals surface area contributed by atoms with Crippen molar-refractivity contribution in [2.45, 2.75) is 26.8 Å². The van der Waals surface area contributed by atoms with Crippen LogP contribution in [0.25, 0.3) is 22.4 Å².